The summed E-state index contributed by atoms with van der Waals surface area (Å²) in [7, 11) is 0. The van der Waals surface area contributed by atoms with Crippen molar-refractivity contribution in [2.75, 3.05) is 19.6 Å². The monoisotopic (exact) mass is 335 g/mol. The number of likely N-dealkylation sites (tertiary alicyclic amines) is 1. The van der Waals surface area contributed by atoms with Crippen LogP contribution in [0.5, 0.6) is 0 Å². The average Bonchev–Trinajstić information content (AvgIpc) is 3.01. The van der Waals surface area contributed by atoms with E-state index in [-0.39, 0.29) is 17.9 Å². The molecule has 2 aromatic rings. The van der Waals surface area contributed by atoms with Crippen LogP contribution in [0.1, 0.15) is 16.7 Å². The van der Waals surface area contributed by atoms with Gasteiger partial charge in [-0.2, -0.15) is 0 Å². The van der Waals surface area contributed by atoms with Crippen LogP contribution in [0.4, 0.5) is 0 Å². The van der Waals surface area contributed by atoms with E-state index in [0.717, 1.165) is 39.1 Å². The molecule has 130 valence electrons. The van der Waals surface area contributed by atoms with Crippen molar-refractivity contribution in [1.82, 2.24) is 9.80 Å². The fourth-order valence-electron chi connectivity index (χ4n) is 4.06. The quantitative estimate of drug-likeness (QED) is 0.934. The second-order valence-corrected chi connectivity index (χ2v) is 7.23. The molecule has 4 nitrogen and oxygen atoms in total. The molecule has 2 unspecified atom stereocenters. The largest absolute Gasteiger partial charge is 0.338 e. The molecule has 0 saturated carbocycles. The van der Waals surface area contributed by atoms with Gasteiger partial charge in [0.2, 0.25) is 5.91 Å². The summed E-state index contributed by atoms with van der Waals surface area (Å²) in [6.45, 7) is 3.93. The van der Waals surface area contributed by atoms with E-state index in [1.54, 1.807) is 0 Å². The number of fused-ring (bicyclic) bond motifs is 1. The summed E-state index contributed by atoms with van der Waals surface area (Å²) >= 11 is 0. The second kappa shape index (κ2) is 6.98. The lowest BCUT2D eigenvalue weighted by atomic mass is 9.97. The summed E-state index contributed by atoms with van der Waals surface area (Å²) in [5.74, 6) is 0.131. The van der Waals surface area contributed by atoms with Crippen LogP contribution in [0.2, 0.25) is 0 Å². The molecule has 1 amide bonds. The normalized spacial score (nSPS) is 23.5. The van der Waals surface area contributed by atoms with Crippen LogP contribution in [0.25, 0.3) is 0 Å². The first-order valence-corrected chi connectivity index (χ1v) is 9.08. The Bertz CT molecular complexity index is 746. The second-order valence-electron chi connectivity index (χ2n) is 7.23. The summed E-state index contributed by atoms with van der Waals surface area (Å²) in [6.07, 6.45) is 0.942. The molecule has 2 heterocycles. The highest BCUT2D eigenvalue weighted by molar-refractivity contribution is 5.80. The predicted molar refractivity (Wildman–Crippen MR) is 98.7 cm³/mol. The van der Waals surface area contributed by atoms with E-state index >= 15 is 0 Å². The van der Waals surface area contributed by atoms with E-state index in [0.29, 0.717) is 0 Å². The first-order chi connectivity index (χ1) is 12.2. The highest BCUT2D eigenvalue weighted by atomic mass is 16.2. The van der Waals surface area contributed by atoms with Crippen LogP contribution >= 0.6 is 0 Å². The van der Waals surface area contributed by atoms with Gasteiger partial charge in [0.15, 0.2) is 0 Å². The first kappa shape index (κ1) is 16.3. The molecular weight excluding hydrogens is 310 g/mol. The lowest BCUT2D eigenvalue weighted by Crippen LogP contribution is -2.45. The maximum atomic E-state index is 13.0. The predicted octanol–water partition coefficient (Wildman–Crippen LogP) is 2.03. The number of rotatable bonds is 3. The van der Waals surface area contributed by atoms with Crippen LogP contribution in [0.15, 0.2) is 54.6 Å². The summed E-state index contributed by atoms with van der Waals surface area (Å²) in [4.78, 5) is 17.3. The van der Waals surface area contributed by atoms with Crippen molar-refractivity contribution in [3.8, 4) is 0 Å². The van der Waals surface area contributed by atoms with Crippen LogP contribution in [-0.2, 0) is 24.3 Å². The molecule has 4 rings (SSSR count). The SMILES string of the molecule is NC1CN(Cc2ccccc2)CC1C(=O)N1CCc2ccccc2C1. The van der Waals surface area contributed by atoms with Gasteiger partial charge in [-0.25, -0.2) is 0 Å². The number of hydrogen-bond donors (Lipinski definition) is 1. The van der Waals surface area contributed by atoms with Gasteiger partial charge < -0.3 is 10.6 Å². The topological polar surface area (TPSA) is 49.6 Å². The maximum Gasteiger partial charge on any atom is 0.228 e. The van der Waals surface area contributed by atoms with E-state index in [1.807, 2.05) is 11.0 Å². The van der Waals surface area contributed by atoms with Gasteiger partial charge in [0.1, 0.15) is 0 Å². The molecule has 0 spiro atoms. The van der Waals surface area contributed by atoms with Gasteiger partial charge in [0.05, 0.1) is 5.92 Å². The molecule has 0 radical (unpaired) electrons. The summed E-state index contributed by atoms with van der Waals surface area (Å²) in [5.41, 5.74) is 10.3. The first-order valence-electron chi connectivity index (χ1n) is 9.08. The highest BCUT2D eigenvalue weighted by Crippen LogP contribution is 2.24. The van der Waals surface area contributed by atoms with Crippen LogP contribution in [-0.4, -0.2) is 41.4 Å². The molecule has 2 aliphatic heterocycles. The molecule has 0 aromatic heterocycles. The van der Waals surface area contributed by atoms with E-state index in [1.165, 1.54) is 16.7 Å². The smallest absolute Gasteiger partial charge is 0.228 e. The van der Waals surface area contributed by atoms with E-state index in [2.05, 4.69) is 53.4 Å². The zero-order valence-corrected chi connectivity index (χ0v) is 14.5. The van der Waals surface area contributed by atoms with Crippen molar-refractivity contribution in [3.63, 3.8) is 0 Å². The fraction of sp³-hybridized carbons (Fsp3) is 0.381. The molecule has 0 bridgehead atoms. The summed E-state index contributed by atoms with van der Waals surface area (Å²) in [5, 5.41) is 0. The highest BCUT2D eigenvalue weighted by Gasteiger charge is 2.38. The van der Waals surface area contributed by atoms with Gasteiger partial charge in [0.25, 0.3) is 0 Å². The van der Waals surface area contributed by atoms with E-state index in [4.69, 9.17) is 5.73 Å². The van der Waals surface area contributed by atoms with Gasteiger partial charge in [-0.1, -0.05) is 54.6 Å². The van der Waals surface area contributed by atoms with Gasteiger partial charge in [-0.3, -0.25) is 9.69 Å². The number of nitrogens with two attached hydrogens (primary N) is 1. The van der Waals surface area contributed by atoms with Gasteiger partial charge >= 0.3 is 0 Å². The molecule has 0 aliphatic carbocycles. The van der Waals surface area contributed by atoms with Crippen molar-refractivity contribution in [3.05, 3.63) is 71.3 Å². The van der Waals surface area contributed by atoms with E-state index in [9.17, 15) is 4.79 Å². The van der Waals surface area contributed by atoms with Crippen molar-refractivity contribution < 1.29 is 4.79 Å². The fourth-order valence-corrected chi connectivity index (χ4v) is 4.06. The Labute approximate surface area is 149 Å². The minimum absolute atomic E-state index is 0.0756. The summed E-state index contributed by atoms with van der Waals surface area (Å²) < 4.78 is 0. The number of amides is 1. The standard InChI is InChI=1S/C21H25N3O/c22-20-15-23(12-16-6-2-1-3-7-16)14-19(20)21(25)24-11-10-17-8-4-5-9-18(17)13-24/h1-9,19-20H,10-15,22H2. The molecule has 2 aliphatic rings. The molecule has 1 saturated heterocycles. The minimum atomic E-state index is -0.0889. The van der Waals surface area contributed by atoms with Crippen LogP contribution in [0, 0.1) is 5.92 Å². The van der Waals surface area contributed by atoms with Crippen molar-refractivity contribution in [2.45, 2.75) is 25.6 Å². The maximum absolute atomic E-state index is 13.0. The molecule has 2 N–H and O–H groups in total. The zero-order valence-electron chi connectivity index (χ0n) is 14.5. The number of carbonyl (C=O) groups is 1. The Kier molecular flexibility index (Phi) is 4.55. The Morgan fingerprint density at radius 2 is 1.72 bits per heavy atom. The third-order valence-electron chi connectivity index (χ3n) is 5.45. The lowest BCUT2D eigenvalue weighted by Gasteiger charge is -2.31. The molecule has 2 atom stereocenters. The molecule has 25 heavy (non-hydrogen) atoms. The number of benzene rings is 2. The van der Waals surface area contributed by atoms with Crippen molar-refractivity contribution in [2.24, 2.45) is 11.7 Å². The summed E-state index contributed by atoms with van der Waals surface area (Å²) in [6, 6.07) is 18.7. The van der Waals surface area contributed by atoms with Gasteiger partial charge in [-0.05, 0) is 23.1 Å². The van der Waals surface area contributed by atoms with E-state index < -0.39 is 0 Å². The Morgan fingerprint density at radius 3 is 2.52 bits per heavy atom. The Morgan fingerprint density at radius 1 is 1.00 bits per heavy atom. The number of hydrogen-bond acceptors (Lipinski definition) is 3. The molecule has 4 heteroatoms. The number of nitrogens with zero attached hydrogens (tertiary/aromatic N) is 2. The van der Waals surface area contributed by atoms with Crippen molar-refractivity contribution >= 4 is 5.91 Å². The van der Waals surface area contributed by atoms with Crippen LogP contribution in [0.3, 0.4) is 0 Å². The zero-order chi connectivity index (χ0) is 17.2. The van der Waals surface area contributed by atoms with Gasteiger partial charge in [-0.15, -0.1) is 0 Å². The van der Waals surface area contributed by atoms with Gasteiger partial charge in [0, 0.05) is 38.8 Å². The molecular formula is C21H25N3O. The Hall–Kier alpha value is -2.17. The molecule has 2 aromatic carbocycles. The number of carbonyl (C=O) groups excluding carboxylic acids is 1. The molecule has 1 fully saturated rings. The van der Waals surface area contributed by atoms with Crippen molar-refractivity contribution in [1.29, 1.82) is 0 Å². The third kappa shape index (κ3) is 3.46. The minimum Gasteiger partial charge on any atom is -0.338 e. The average molecular weight is 335 g/mol. The third-order valence-corrected chi connectivity index (χ3v) is 5.45. The lowest BCUT2D eigenvalue weighted by molar-refractivity contribution is -0.136. The van der Waals surface area contributed by atoms with Crippen LogP contribution < -0.4 is 5.73 Å². The Balaban J connectivity index is 1.41.